The number of nitrogens with zero attached hydrogens (tertiary/aromatic N) is 1. The van der Waals surface area contributed by atoms with Crippen LogP contribution in [0, 0.1) is 0 Å². The van der Waals surface area contributed by atoms with Crippen molar-refractivity contribution in [3.8, 4) is 0 Å². The summed E-state index contributed by atoms with van der Waals surface area (Å²) < 4.78 is 24.0. The Kier molecular flexibility index (Phi) is 9.35. The Morgan fingerprint density at radius 3 is 1.58 bits per heavy atom. The first kappa shape index (κ1) is 14.6. The van der Waals surface area contributed by atoms with Gasteiger partial charge < -0.3 is 0 Å². The SMILES string of the molecule is O=S(O)(O)=S.[Zn].c1ccncc1. The Morgan fingerprint density at radius 2 is 1.50 bits per heavy atom. The molecule has 0 atom stereocenters. The molecule has 0 saturated carbocycles. The van der Waals surface area contributed by atoms with Crippen molar-refractivity contribution >= 4 is 20.2 Å². The summed E-state index contributed by atoms with van der Waals surface area (Å²) in [5.41, 5.74) is 0. The van der Waals surface area contributed by atoms with E-state index < -0.39 is 9.05 Å². The molecule has 0 amide bonds. The summed E-state index contributed by atoms with van der Waals surface area (Å²) in [6.45, 7) is 0. The molecular weight excluding hydrogens is 252 g/mol. The van der Waals surface area contributed by atoms with E-state index in [0.29, 0.717) is 0 Å². The molecule has 0 aliphatic heterocycles. The molecule has 0 saturated heterocycles. The predicted octanol–water partition coefficient (Wildman–Crippen LogP) is 0.758. The molecule has 0 aromatic carbocycles. The van der Waals surface area contributed by atoms with Crippen LogP contribution < -0.4 is 0 Å². The fourth-order valence-corrected chi connectivity index (χ4v) is 0.313. The smallest absolute Gasteiger partial charge is 0.263 e. The van der Waals surface area contributed by atoms with Crippen LogP contribution in [0.5, 0.6) is 0 Å². The summed E-state index contributed by atoms with van der Waals surface area (Å²) in [6.07, 6.45) is 3.50. The van der Waals surface area contributed by atoms with Crippen LogP contribution in [0.1, 0.15) is 0 Å². The summed E-state index contributed by atoms with van der Waals surface area (Å²) in [7, 11) is -3.83. The molecule has 0 unspecified atom stereocenters. The van der Waals surface area contributed by atoms with Gasteiger partial charge in [-0.3, -0.25) is 14.1 Å². The molecule has 0 fully saturated rings. The third kappa shape index (κ3) is 22.5. The molecule has 12 heavy (non-hydrogen) atoms. The Balaban J connectivity index is 0. The number of hydrogen-bond donors (Lipinski definition) is 2. The van der Waals surface area contributed by atoms with Gasteiger partial charge in [-0.1, -0.05) is 6.07 Å². The van der Waals surface area contributed by atoms with Crippen molar-refractivity contribution in [2.75, 3.05) is 0 Å². The van der Waals surface area contributed by atoms with Gasteiger partial charge in [0.15, 0.2) is 0 Å². The van der Waals surface area contributed by atoms with Crippen LogP contribution in [-0.4, -0.2) is 18.3 Å². The summed E-state index contributed by atoms with van der Waals surface area (Å²) >= 11 is 3.47. The van der Waals surface area contributed by atoms with Crippen LogP contribution in [0.3, 0.4) is 0 Å². The Bertz CT molecular complexity index is 241. The van der Waals surface area contributed by atoms with E-state index in [-0.39, 0.29) is 19.5 Å². The van der Waals surface area contributed by atoms with Gasteiger partial charge in [0.25, 0.3) is 9.05 Å². The van der Waals surface area contributed by atoms with Crippen LogP contribution in [0.15, 0.2) is 30.6 Å². The number of rotatable bonds is 0. The topological polar surface area (TPSA) is 70.4 Å². The first-order valence-electron chi connectivity index (χ1n) is 2.55. The van der Waals surface area contributed by atoms with Crippen LogP contribution >= 0.6 is 0 Å². The molecule has 4 nitrogen and oxygen atoms in total. The van der Waals surface area contributed by atoms with Gasteiger partial charge in [0.05, 0.1) is 0 Å². The van der Waals surface area contributed by atoms with Gasteiger partial charge in [-0.2, -0.15) is 4.21 Å². The van der Waals surface area contributed by atoms with Gasteiger partial charge in [-0.05, 0) is 12.1 Å². The molecule has 0 aliphatic rings. The molecule has 1 heterocycles. The van der Waals surface area contributed by atoms with Crippen molar-refractivity contribution < 1.29 is 32.8 Å². The number of hydrogen-bond acceptors (Lipinski definition) is 3. The van der Waals surface area contributed by atoms with E-state index in [4.69, 9.17) is 13.3 Å². The summed E-state index contributed by atoms with van der Waals surface area (Å²) in [5, 5.41) is 0. The standard InChI is InChI=1S/C5H5N.H2O3S2.Zn/c1-2-4-6-5-3-1;1-5(2,3)4;/h1-5H;(H2,1,2,3,4);. The van der Waals surface area contributed by atoms with Crippen LogP contribution in [0.2, 0.25) is 0 Å². The van der Waals surface area contributed by atoms with Crippen LogP contribution in [0.4, 0.5) is 0 Å². The zero-order chi connectivity index (χ0) is 8.74. The molecule has 1 rings (SSSR count). The maximum Gasteiger partial charge on any atom is 0.263 e. The zero-order valence-electron chi connectivity index (χ0n) is 6.16. The number of pyridine rings is 1. The van der Waals surface area contributed by atoms with Gasteiger partial charge in [0, 0.05) is 43.1 Å². The largest absolute Gasteiger partial charge is 0.285 e. The van der Waals surface area contributed by atoms with Gasteiger partial charge >= 0.3 is 0 Å². The molecule has 1 aromatic heterocycles. The van der Waals surface area contributed by atoms with Gasteiger partial charge in [0.1, 0.15) is 0 Å². The average Bonchev–Trinajstić information content (AvgIpc) is 1.88. The molecule has 1 aromatic rings. The first-order chi connectivity index (χ1) is 5.00. The minimum Gasteiger partial charge on any atom is -0.285 e. The zero-order valence-corrected chi connectivity index (χ0v) is 10.8. The fourth-order valence-electron chi connectivity index (χ4n) is 0.313. The molecule has 0 bridgehead atoms. The average molecular weight is 259 g/mol. The van der Waals surface area contributed by atoms with Gasteiger partial charge in [0.2, 0.25) is 0 Å². The fraction of sp³-hybridized carbons (Fsp3) is 0. The maximum atomic E-state index is 9.11. The van der Waals surface area contributed by atoms with E-state index in [1.165, 1.54) is 0 Å². The van der Waals surface area contributed by atoms with E-state index in [2.05, 4.69) is 16.2 Å². The minimum absolute atomic E-state index is 0. The Morgan fingerprint density at radius 1 is 1.17 bits per heavy atom. The monoisotopic (exact) mass is 257 g/mol. The number of aromatic nitrogens is 1. The third-order valence-corrected chi connectivity index (χ3v) is 0.566. The van der Waals surface area contributed by atoms with E-state index in [1.54, 1.807) is 12.4 Å². The van der Waals surface area contributed by atoms with Gasteiger partial charge in [-0.25, -0.2) is 0 Å². The van der Waals surface area contributed by atoms with E-state index in [0.717, 1.165) is 0 Å². The van der Waals surface area contributed by atoms with Crippen LogP contribution in [-0.2, 0) is 39.7 Å². The maximum absolute atomic E-state index is 9.11. The first-order valence-corrected chi connectivity index (χ1v) is 4.95. The molecule has 0 radical (unpaired) electrons. The van der Waals surface area contributed by atoms with Crippen molar-refractivity contribution in [2.24, 2.45) is 0 Å². The van der Waals surface area contributed by atoms with E-state index in [1.807, 2.05) is 18.2 Å². The summed E-state index contributed by atoms with van der Waals surface area (Å²) in [5.74, 6) is 0. The molecule has 64 valence electrons. The molecule has 2 N–H and O–H groups in total. The Hall–Kier alpha value is 0.0634. The molecular formula is C5H7NO3S2Zn. The van der Waals surface area contributed by atoms with Crippen molar-refractivity contribution in [3.63, 3.8) is 0 Å². The normalized spacial score (nSPS) is 8.83. The summed E-state index contributed by atoms with van der Waals surface area (Å²) in [6, 6.07) is 5.72. The quantitative estimate of drug-likeness (QED) is 0.672. The van der Waals surface area contributed by atoms with E-state index >= 15 is 0 Å². The molecule has 7 heteroatoms. The second kappa shape index (κ2) is 7.70. The predicted molar refractivity (Wildman–Crippen MR) is 45.0 cm³/mol. The van der Waals surface area contributed by atoms with Crippen molar-refractivity contribution in [2.45, 2.75) is 0 Å². The second-order valence-corrected chi connectivity index (χ2v) is 3.67. The Labute approximate surface area is 88.5 Å². The molecule has 0 aliphatic carbocycles. The minimum atomic E-state index is -3.83. The molecule has 0 spiro atoms. The third-order valence-electron chi connectivity index (χ3n) is 0.566. The van der Waals surface area contributed by atoms with Gasteiger partial charge in [-0.15, -0.1) is 0 Å². The van der Waals surface area contributed by atoms with E-state index in [9.17, 15) is 0 Å². The van der Waals surface area contributed by atoms with Crippen molar-refractivity contribution in [3.05, 3.63) is 30.6 Å². The van der Waals surface area contributed by atoms with Crippen LogP contribution in [0.25, 0.3) is 0 Å². The second-order valence-electron chi connectivity index (χ2n) is 1.47. The van der Waals surface area contributed by atoms with Crippen molar-refractivity contribution in [1.82, 2.24) is 4.98 Å². The summed E-state index contributed by atoms with van der Waals surface area (Å²) in [4.78, 5) is 3.78. The van der Waals surface area contributed by atoms with Crippen molar-refractivity contribution in [1.29, 1.82) is 0 Å².